The van der Waals surface area contributed by atoms with Crippen LogP contribution >= 0.6 is 11.8 Å². The molecule has 0 aromatic heterocycles. The smallest absolute Gasteiger partial charge is 0.243 e. The molecule has 3 N–H and O–H groups in total. The Hall–Kier alpha value is -2.41. The van der Waals surface area contributed by atoms with E-state index in [9.17, 15) is 9.59 Å². The second kappa shape index (κ2) is 10.1. The van der Waals surface area contributed by atoms with Gasteiger partial charge in [-0.15, -0.1) is 0 Å². The van der Waals surface area contributed by atoms with Gasteiger partial charge in [-0.3, -0.25) is 14.8 Å². The van der Waals surface area contributed by atoms with E-state index in [0.29, 0.717) is 12.8 Å². The van der Waals surface area contributed by atoms with Crippen molar-refractivity contribution >= 4 is 23.6 Å². The molecule has 6 nitrogen and oxygen atoms in total. The molecule has 0 bridgehead atoms. The molecule has 0 saturated carbocycles. The summed E-state index contributed by atoms with van der Waals surface area (Å²) in [7, 11) is 3.40. The van der Waals surface area contributed by atoms with Crippen LogP contribution in [0.3, 0.4) is 0 Å². The first kappa shape index (κ1) is 20.9. The van der Waals surface area contributed by atoms with Crippen molar-refractivity contribution in [3.8, 4) is 11.1 Å². The summed E-state index contributed by atoms with van der Waals surface area (Å²) in [6.45, 7) is 0. The number of hydrogen-bond acceptors (Lipinski definition) is 4. The number of hydroxylamine groups is 1. The van der Waals surface area contributed by atoms with Crippen LogP contribution < -0.4 is 10.3 Å². The van der Waals surface area contributed by atoms with E-state index in [2.05, 4.69) is 4.84 Å². The summed E-state index contributed by atoms with van der Waals surface area (Å²) >= 11 is 5.72. The lowest BCUT2D eigenvalue weighted by atomic mass is 9.99. The van der Waals surface area contributed by atoms with Crippen LogP contribution in [0.15, 0.2) is 48.5 Å². The molecule has 0 aliphatic heterocycles. The summed E-state index contributed by atoms with van der Waals surface area (Å²) in [6.07, 6.45) is 1.32. The van der Waals surface area contributed by atoms with Gasteiger partial charge in [0, 0.05) is 20.5 Å². The van der Waals surface area contributed by atoms with Crippen molar-refractivity contribution in [2.24, 2.45) is 0 Å². The van der Waals surface area contributed by atoms with Gasteiger partial charge in [-0.05, 0) is 46.9 Å². The van der Waals surface area contributed by atoms with E-state index in [-0.39, 0.29) is 12.3 Å². The normalized spacial score (nSPS) is 11.7. The number of nitrogens with zero attached hydrogens (tertiary/aromatic N) is 1. The molecule has 0 heterocycles. The third-order valence-electron chi connectivity index (χ3n) is 4.32. The Balaban J connectivity index is 2.02. The highest BCUT2D eigenvalue weighted by molar-refractivity contribution is 6.15. The minimum absolute atomic E-state index is 0.0699. The molecule has 0 aliphatic rings. The minimum Gasteiger partial charge on any atom is -0.347 e. The lowest BCUT2D eigenvalue weighted by Gasteiger charge is -2.19. The number of halogens is 1. The molecule has 0 aliphatic carbocycles. The molecule has 0 unspecified atom stereocenters. The monoisotopic (exact) mass is 389 g/mol. The molecule has 1 atom stereocenters. The molecule has 2 rings (SSSR count). The first-order valence-electron chi connectivity index (χ1n) is 8.63. The Bertz CT molecular complexity index is 761. The van der Waals surface area contributed by atoms with Crippen LogP contribution in [0, 0.1) is 0 Å². The number of likely N-dealkylation sites (N-methyl/N-ethyl adjacent to an activating group) is 1. The summed E-state index contributed by atoms with van der Waals surface area (Å²) in [5, 5.41) is 8.52. The zero-order valence-electron chi connectivity index (χ0n) is 15.4. The molecule has 0 spiro atoms. The second-order valence-electron chi connectivity index (χ2n) is 6.53. The first-order valence-corrected chi connectivity index (χ1v) is 9.01. The van der Waals surface area contributed by atoms with Crippen molar-refractivity contribution in [2.75, 3.05) is 14.1 Å². The predicted molar refractivity (Wildman–Crippen MR) is 105 cm³/mol. The molecule has 0 radical (unpaired) electrons. The first-order chi connectivity index (χ1) is 12.9. The molecule has 2 amide bonds. The number of carbonyl (C=O) groups is 2. The molecule has 144 valence electrons. The molecule has 2 aromatic carbocycles. The van der Waals surface area contributed by atoms with Crippen LogP contribution in [0.1, 0.15) is 17.5 Å². The average Bonchev–Trinajstić information content (AvgIpc) is 2.70. The van der Waals surface area contributed by atoms with E-state index >= 15 is 0 Å². The molecule has 0 saturated heterocycles. The molecule has 7 heteroatoms. The van der Waals surface area contributed by atoms with E-state index in [1.807, 2.05) is 48.5 Å². The number of rotatable bonds is 8. The third-order valence-corrected chi connectivity index (χ3v) is 4.58. The van der Waals surface area contributed by atoms with Gasteiger partial charge in [-0.1, -0.05) is 48.5 Å². The molecule has 0 fully saturated rings. The van der Waals surface area contributed by atoms with Crippen molar-refractivity contribution in [1.82, 2.24) is 15.2 Å². The number of amides is 2. The van der Waals surface area contributed by atoms with Crippen LogP contribution in [0.5, 0.6) is 0 Å². The minimum atomic E-state index is -0.470. The fourth-order valence-corrected chi connectivity index (χ4v) is 2.90. The Morgan fingerprint density at radius 2 is 1.52 bits per heavy atom. The van der Waals surface area contributed by atoms with E-state index < -0.39 is 11.9 Å². The van der Waals surface area contributed by atoms with Gasteiger partial charge in [-0.25, -0.2) is 10.3 Å². The average molecular weight is 390 g/mol. The zero-order valence-corrected chi connectivity index (χ0v) is 16.2. The van der Waals surface area contributed by atoms with Crippen molar-refractivity contribution in [2.45, 2.75) is 25.3 Å². The summed E-state index contributed by atoms with van der Waals surface area (Å²) < 4.78 is 0. The Labute approximate surface area is 164 Å². The van der Waals surface area contributed by atoms with E-state index in [1.54, 1.807) is 19.6 Å². The largest absolute Gasteiger partial charge is 0.347 e. The highest BCUT2D eigenvalue weighted by Gasteiger charge is 2.19. The van der Waals surface area contributed by atoms with Gasteiger partial charge in [0.15, 0.2) is 0 Å². The summed E-state index contributed by atoms with van der Waals surface area (Å²) in [5.74, 6) is -0.466. The van der Waals surface area contributed by atoms with Gasteiger partial charge < -0.3 is 4.90 Å². The fourth-order valence-electron chi connectivity index (χ4n) is 2.73. The number of carbonyl (C=O) groups excluding carboxylic acids is 2. The van der Waals surface area contributed by atoms with Gasteiger partial charge in [0.05, 0.1) is 0 Å². The third kappa shape index (κ3) is 6.06. The number of aryl methyl sites for hydroxylation is 1. The van der Waals surface area contributed by atoms with Crippen molar-refractivity contribution in [3.05, 3.63) is 59.7 Å². The van der Waals surface area contributed by atoms with Gasteiger partial charge in [0.25, 0.3) is 0 Å². The summed E-state index contributed by atoms with van der Waals surface area (Å²) in [5.41, 5.74) is 5.80. The van der Waals surface area contributed by atoms with Gasteiger partial charge in [0.2, 0.25) is 11.8 Å². The van der Waals surface area contributed by atoms with Crippen molar-refractivity contribution in [3.63, 3.8) is 0 Å². The number of benzene rings is 2. The van der Waals surface area contributed by atoms with Gasteiger partial charge >= 0.3 is 0 Å². The van der Waals surface area contributed by atoms with E-state index in [1.165, 1.54) is 4.90 Å². The second-order valence-corrected chi connectivity index (χ2v) is 6.75. The molecular formula is C20H24ClN3O3. The maximum atomic E-state index is 12.1. The fraction of sp³-hybridized carbons (Fsp3) is 0.300. The standard InChI is InChI=1S/C20H24ClN3O3/c1-24(2)20(26)18(22-21)13-15-5-10-17(11-6-15)16-8-3-14(4-9-16)7-12-19(25)23-27/h3-6,8-11,18,22,27H,7,12-13H2,1-2H3,(H,23,25)/t18-/m0/s1. The number of nitrogens with one attached hydrogen (secondary N) is 2. The molecule has 2 aromatic rings. The van der Waals surface area contributed by atoms with Crippen LogP contribution in [-0.4, -0.2) is 42.1 Å². The lowest BCUT2D eigenvalue weighted by Crippen LogP contribution is -2.41. The van der Waals surface area contributed by atoms with Gasteiger partial charge in [0.1, 0.15) is 6.04 Å². The van der Waals surface area contributed by atoms with Crippen LogP contribution in [0.25, 0.3) is 11.1 Å². The van der Waals surface area contributed by atoms with Crippen LogP contribution in [-0.2, 0) is 22.4 Å². The molecular weight excluding hydrogens is 366 g/mol. The Morgan fingerprint density at radius 3 is 1.96 bits per heavy atom. The van der Waals surface area contributed by atoms with Gasteiger partial charge in [-0.2, -0.15) is 0 Å². The SMILES string of the molecule is CN(C)C(=O)[C@H](Cc1ccc(-c2ccc(CCC(=O)NO)cc2)cc1)NCl. The number of hydrogen-bond donors (Lipinski definition) is 3. The van der Waals surface area contributed by atoms with Crippen molar-refractivity contribution in [1.29, 1.82) is 0 Å². The predicted octanol–water partition coefficient (Wildman–Crippen LogP) is 2.53. The van der Waals surface area contributed by atoms with Crippen LogP contribution in [0.4, 0.5) is 0 Å². The van der Waals surface area contributed by atoms with E-state index in [0.717, 1.165) is 22.3 Å². The highest BCUT2D eigenvalue weighted by atomic mass is 35.5. The summed E-state index contributed by atoms with van der Waals surface area (Å²) in [4.78, 5) is 27.2. The lowest BCUT2D eigenvalue weighted by molar-refractivity contribution is -0.130. The Morgan fingerprint density at radius 1 is 1.00 bits per heavy atom. The van der Waals surface area contributed by atoms with Crippen LogP contribution in [0.2, 0.25) is 0 Å². The maximum absolute atomic E-state index is 12.1. The topological polar surface area (TPSA) is 81.7 Å². The Kier molecular flexibility index (Phi) is 7.79. The van der Waals surface area contributed by atoms with E-state index in [4.69, 9.17) is 17.0 Å². The summed E-state index contributed by atoms with van der Waals surface area (Å²) in [6, 6.07) is 15.5. The van der Waals surface area contributed by atoms with Crippen molar-refractivity contribution < 1.29 is 14.8 Å². The quantitative estimate of drug-likeness (QED) is 0.368. The molecule has 27 heavy (non-hydrogen) atoms. The maximum Gasteiger partial charge on any atom is 0.243 e. The zero-order chi connectivity index (χ0) is 19.8. The highest BCUT2D eigenvalue weighted by Crippen LogP contribution is 2.21.